The van der Waals surface area contributed by atoms with Gasteiger partial charge in [-0.3, -0.25) is 9.79 Å². The SMILES string of the molecule is C#C[C@]1(C)C[C@@H]2[C@@H](C(C)(F)F)OC[C@]2(c2cc(NC(=O)c3cnc(OC(F)F)cn3)ccc2F)N=C1N. The van der Waals surface area contributed by atoms with Crippen LogP contribution in [-0.4, -0.2) is 47.0 Å². The van der Waals surface area contributed by atoms with E-state index >= 15 is 4.39 Å². The van der Waals surface area contributed by atoms with Crippen LogP contribution in [0.2, 0.25) is 0 Å². The number of alkyl halides is 4. The van der Waals surface area contributed by atoms with Crippen LogP contribution in [0.4, 0.5) is 27.6 Å². The number of carbonyl (C=O) groups is 1. The molecule has 0 spiro atoms. The average Bonchev–Trinajstić information content (AvgIpc) is 3.19. The molecular weight excluding hydrogens is 501 g/mol. The highest BCUT2D eigenvalue weighted by molar-refractivity contribution is 6.02. The van der Waals surface area contributed by atoms with Gasteiger partial charge in [0.2, 0.25) is 5.88 Å². The predicted octanol–water partition coefficient (Wildman–Crippen LogP) is 3.74. The van der Waals surface area contributed by atoms with Crippen LogP contribution in [-0.2, 0) is 10.3 Å². The third-order valence-corrected chi connectivity index (χ3v) is 6.55. The summed E-state index contributed by atoms with van der Waals surface area (Å²) in [6, 6.07) is 3.53. The minimum atomic E-state index is -3.29. The number of amides is 1. The van der Waals surface area contributed by atoms with Gasteiger partial charge in [0.15, 0.2) is 0 Å². The Morgan fingerprint density at radius 2 is 2.08 bits per heavy atom. The molecule has 37 heavy (non-hydrogen) atoms. The Labute approximate surface area is 208 Å². The third kappa shape index (κ3) is 4.81. The van der Waals surface area contributed by atoms with Crippen LogP contribution < -0.4 is 15.8 Å². The lowest BCUT2D eigenvalue weighted by Gasteiger charge is -2.43. The predicted molar refractivity (Wildman–Crippen MR) is 122 cm³/mol. The maximum absolute atomic E-state index is 15.2. The van der Waals surface area contributed by atoms with Gasteiger partial charge in [0.1, 0.15) is 29.0 Å². The van der Waals surface area contributed by atoms with Gasteiger partial charge in [0.05, 0.1) is 24.4 Å². The summed E-state index contributed by atoms with van der Waals surface area (Å²) in [5.41, 5.74) is 3.09. The number of anilines is 1. The normalized spacial score (nSPS) is 27.3. The largest absolute Gasteiger partial charge is 0.415 e. The van der Waals surface area contributed by atoms with Gasteiger partial charge in [0.25, 0.3) is 11.8 Å². The number of carbonyl (C=O) groups excluding carboxylic acids is 1. The first-order valence-corrected chi connectivity index (χ1v) is 11.0. The summed E-state index contributed by atoms with van der Waals surface area (Å²) in [4.78, 5) is 24.3. The molecule has 196 valence electrons. The molecule has 4 atom stereocenters. The number of fused-ring (bicyclic) bond motifs is 1. The number of ether oxygens (including phenoxy) is 2. The maximum atomic E-state index is 15.2. The number of nitrogens with one attached hydrogen (secondary N) is 1. The summed E-state index contributed by atoms with van der Waals surface area (Å²) in [5.74, 6) is -3.91. The van der Waals surface area contributed by atoms with Crippen molar-refractivity contribution in [3.63, 3.8) is 0 Å². The number of halogens is 5. The highest BCUT2D eigenvalue weighted by Crippen LogP contribution is 2.55. The molecule has 4 rings (SSSR count). The lowest BCUT2D eigenvalue weighted by molar-refractivity contribution is -0.118. The van der Waals surface area contributed by atoms with Crippen molar-refractivity contribution in [1.82, 2.24) is 9.97 Å². The number of rotatable bonds is 6. The van der Waals surface area contributed by atoms with E-state index in [1.54, 1.807) is 6.92 Å². The number of benzene rings is 1. The van der Waals surface area contributed by atoms with Crippen LogP contribution in [0, 0.1) is 29.5 Å². The van der Waals surface area contributed by atoms with E-state index in [4.69, 9.17) is 16.9 Å². The quantitative estimate of drug-likeness (QED) is 0.441. The Morgan fingerprint density at radius 1 is 1.35 bits per heavy atom. The summed E-state index contributed by atoms with van der Waals surface area (Å²) in [6.07, 6.45) is 5.73. The average molecular weight is 523 g/mol. The van der Waals surface area contributed by atoms with Crippen molar-refractivity contribution in [3.8, 4) is 18.2 Å². The molecule has 8 nitrogen and oxygen atoms in total. The Kier molecular flexibility index (Phi) is 6.58. The number of aromatic nitrogens is 2. The number of nitrogens with two attached hydrogens (primary N) is 1. The molecule has 0 bridgehead atoms. The summed E-state index contributed by atoms with van der Waals surface area (Å²) in [6.45, 7) is -1.21. The molecule has 2 aliphatic heterocycles. The van der Waals surface area contributed by atoms with E-state index < -0.39 is 59.7 Å². The molecule has 2 aliphatic rings. The fourth-order valence-electron chi connectivity index (χ4n) is 4.65. The summed E-state index contributed by atoms with van der Waals surface area (Å²) in [7, 11) is 0. The lowest BCUT2D eigenvalue weighted by atomic mass is 9.65. The van der Waals surface area contributed by atoms with Crippen molar-refractivity contribution in [1.29, 1.82) is 0 Å². The van der Waals surface area contributed by atoms with Crippen LogP contribution >= 0.6 is 0 Å². The molecule has 1 aromatic carbocycles. The number of hydrogen-bond acceptors (Lipinski definition) is 7. The summed E-state index contributed by atoms with van der Waals surface area (Å²) in [5, 5.41) is 2.48. The Bertz CT molecular complexity index is 1280. The van der Waals surface area contributed by atoms with Crippen molar-refractivity contribution in [2.24, 2.45) is 22.1 Å². The molecular formula is C24H22F5N5O3. The molecule has 3 N–H and O–H groups in total. The first-order valence-electron chi connectivity index (χ1n) is 11.0. The third-order valence-electron chi connectivity index (χ3n) is 6.55. The maximum Gasteiger partial charge on any atom is 0.388 e. The van der Waals surface area contributed by atoms with E-state index in [0.717, 1.165) is 18.5 Å². The molecule has 1 saturated heterocycles. The zero-order valence-electron chi connectivity index (χ0n) is 19.6. The van der Waals surface area contributed by atoms with E-state index in [1.807, 2.05) is 0 Å². The minimum absolute atomic E-state index is 0.0230. The number of hydrogen-bond donors (Lipinski definition) is 2. The van der Waals surface area contributed by atoms with E-state index in [9.17, 15) is 22.4 Å². The second-order valence-electron chi connectivity index (χ2n) is 9.16. The Hall–Kier alpha value is -3.79. The number of amidine groups is 1. The Morgan fingerprint density at radius 3 is 2.68 bits per heavy atom. The fourth-order valence-corrected chi connectivity index (χ4v) is 4.65. The summed E-state index contributed by atoms with van der Waals surface area (Å²) >= 11 is 0. The molecule has 0 radical (unpaired) electrons. The molecule has 0 unspecified atom stereocenters. The van der Waals surface area contributed by atoms with Crippen molar-refractivity contribution in [2.45, 2.75) is 44.4 Å². The topological polar surface area (TPSA) is 112 Å². The molecule has 0 saturated carbocycles. The van der Waals surface area contributed by atoms with Gasteiger partial charge in [-0.2, -0.15) is 8.78 Å². The first kappa shape index (κ1) is 26.3. The highest BCUT2D eigenvalue weighted by Gasteiger charge is 2.62. The standard InChI is InChI=1S/C24H22F5N5O3/c1-4-22(2)8-14-18(23(3,28)29)36-11-24(14,34-20(22)30)13-7-12(5-6-15(13)25)33-19(35)16-9-32-17(10-31-16)37-21(26)27/h1,5-7,9-10,14,18,21H,8,11H2,2-3H3,(H2,30,34)(H,33,35)/t14-,18+,22-,24-/m1/s1. The molecule has 0 aliphatic carbocycles. The zero-order valence-corrected chi connectivity index (χ0v) is 19.6. The second kappa shape index (κ2) is 9.26. The lowest BCUT2D eigenvalue weighted by Crippen LogP contribution is -2.52. The van der Waals surface area contributed by atoms with Gasteiger partial charge in [-0.25, -0.2) is 23.1 Å². The number of aliphatic imine (C=N–C) groups is 1. The van der Waals surface area contributed by atoms with E-state index in [0.29, 0.717) is 6.92 Å². The van der Waals surface area contributed by atoms with Crippen molar-refractivity contribution in [3.05, 3.63) is 47.7 Å². The van der Waals surface area contributed by atoms with Crippen LogP contribution in [0.15, 0.2) is 35.6 Å². The smallest absolute Gasteiger partial charge is 0.388 e. The van der Waals surface area contributed by atoms with Gasteiger partial charge in [-0.15, -0.1) is 6.42 Å². The fraction of sp³-hybridized carbons (Fsp3) is 0.417. The van der Waals surface area contributed by atoms with Crippen LogP contribution in [0.1, 0.15) is 36.3 Å². The van der Waals surface area contributed by atoms with Gasteiger partial charge < -0.3 is 20.5 Å². The van der Waals surface area contributed by atoms with E-state index in [2.05, 4.69) is 30.9 Å². The highest BCUT2D eigenvalue weighted by atomic mass is 19.3. The molecule has 3 heterocycles. The molecule has 1 amide bonds. The Balaban J connectivity index is 1.70. The van der Waals surface area contributed by atoms with E-state index in [-0.39, 0.29) is 29.2 Å². The van der Waals surface area contributed by atoms with Gasteiger partial charge in [-0.1, -0.05) is 5.92 Å². The van der Waals surface area contributed by atoms with Crippen LogP contribution in [0.25, 0.3) is 0 Å². The van der Waals surface area contributed by atoms with Crippen LogP contribution in [0.3, 0.4) is 0 Å². The van der Waals surface area contributed by atoms with Gasteiger partial charge in [0, 0.05) is 24.1 Å². The first-order chi connectivity index (χ1) is 17.3. The zero-order chi connectivity index (χ0) is 27.2. The number of nitrogens with zero attached hydrogens (tertiary/aromatic N) is 3. The van der Waals surface area contributed by atoms with Gasteiger partial charge in [-0.05, 0) is 31.5 Å². The van der Waals surface area contributed by atoms with Gasteiger partial charge >= 0.3 is 6.61 Å². The molecule has 1 fully saturated rings. The monoisotopic (exact) mass is 523 g/mol. The number of terminal acetylenes is 1. The molecule has 2 aromatic rings. The van der Waals surface area contributed by atoms with E-state index in [1.165, 1.54) is 12.1 Å². The molecule has 1 aromatic heterocycles. The van der Waals surface area contributed by atoms with Crippen molar-refractivity contribution < 1.29 is 36.2 Å². The minimum Gasteiger partial charge on any atom is -0.415 e. The second-order valence-corrected chi connectivity index (χ2v) is 9.16. The van der Waals surface area contributed by atoms with Crippen molar-refractivity contribution >= 4 is 17.4 Å². The van der Waals surface area contributed by atoms with Crippen molar-refractivity contribution in [2.75, 3.05) is 11.9 Å². The van der Waals surface area contributed by atoms with Crippen LogP contribution in [0.5, 0.6) is 5.88 Å². The molecule has 13 heteroatoms. The summed E-state index contributed by atoms with van der Waals surface area (Å²) < 4.78 is 78.4.